The molecule has 1 nitrogen and oxygen atoms in total. The van der Waals surface area contributed by atoms with Gasteiger partial charge in [0.1, 0.15) is 11.6 Å². The highest BCUT2D eigenvalue weighted by Crippen LogP contribution is 2.34. The van der Waals surface area contributed by atoms with Crippen molar-refractivity contribution in [2.24, 2.45) is 0 Å². The van der Waals surface area contributed by atoms with Crippen molar-refractivity contribution < 1.29 is 9.50 Å². The smallest absolute Gasteiger partial charge is 0.126 e. The number of hydrogen-bond acceptors (Lipinski definition) is 1. The van der Waals surface area contributed by atoms with Crippen LogP contribution < -0.4 is 0 Å². The van der Waals surface area contributed by atoms with Crippen LogP contribution in [0, 0.1) is 5.82 Å². The van der Waals surface area contributed by atoms with E-state index in [1.807, 2.05) is 24.3 Å². The average Bonchev–Trinajstić information content (AvgIpc) is 2.39. The molecular formula is C16H15FO. The van der Waals surface area contributed by atoms with Crippen molar-refractivity contribution >= 4 is 0 Å². The molecule has 0 aliphatic heterocycles. The third-order valence-electron chi connectivity index (χ3n) is 3.76. The lowest BCUT2D eigenvalue weighted by atomic mass is 9.80. The van der Waals surface area contributed by atoms with Crippen LogP contribution in [0.5, 0.6) is 5.75 Å². The van der Waals surface area contributed by atoms with Crippen LogP contribution in [0.2, 0.25) is 0 Å². The van der Waals surface area contributed by atoms with Crippen molar-refractivity contribution in [3.8, 4) is 5.75 Å². The Hall–Kier alpha value is -1.83. The Morgan fingerprint density at radius 3 is 2.72 bits per heavy atom. The predicted molar refractivity (Wildman–Crippen MR) is 69.3 cm³/mol. The van der Waals surface area contributed by atoms with Crippen molar-refractivity contribution in [2.75, 3.05) is 0 Å². The quantitative estimate of drug-likeness (QED) is 0.806. The Morgan fingerprint density at radius 1 is 1.06 bits per heavy atom. The maximum Gasteiger partial charge on any atom is 0.126 e. The first-order valence-electron chi connectivity index (χ1n) is 6.29. The van der Waals surface area contributed by atoms with Crippen molar-refractivity contribution in [3.05, 3.63) is 65.0 Å². The number of aryl methyl sites for hydroxylation is 1. The van der Waals surface area contributed by atoms with Gasteiger partial charge in [-0.05, 0) is 60.1 Å². The van der Waals surface area contributed by atoms with Gasteiger partial charge >= 0.3 is 0 Å². The molecule has 0 saturated carbocycles. The monoisotopic (exact) mass is 242 g/mol. The molecule has 0 saturated heterocycles. The lowest BCUT2D eigenvalue weighted by Gasteiger charge is -2.25. The number of phenolic OH excluding ortho intramolecular Hbond substituents is 1. The molecule has 0 aromatic heterocycles. The Kier molecular flexibility index (Phi) is 2.78. The molecule has 1 aliphatic carbocycles. The number of hydrogen-bond donors (Lipinski definition) is 1. The highest BCUT2D eigenvalue weighted by atomic mass is 19.1. The summed E-state index contributed by atoms with van der Waals surface area (Å²) in [6.45, 7) is 0. The fourth-order valence-electron chi connectivity index (χ4n) is 2.81. The van der Waals surface area contributed by atoms with Gasteiger partial charge in [0.2, 0.25) is 0 Å². The molecule has 2 heteroatoms. The molecular weight excluding hydrogens is 227 g/mol. The number of rotatable bonds is 1. The van der Waals surface area contributed by atoms with E-state index in [2.05, 4.69) is 0 Å². The summed E-state index contributed by atoms with van der Waals surface area (Å²) in [5, 5.41) is 9.46. The first-order chi connectivity index (χ1) is 8.74. The third-order valence-corrected chi connectivity index (χ3v) is 3.76. The molecule has 1 N–H and O–H groups in total. The summed E-state index contributed by atoms with van der Waals surface area (Å²) in [7, 11) is 0. The molecule has 1 unspecified atom stereocenters. The molecule has 0 radical (unpaired) electrons. The van der Waals surface area contributed by atoms with E-state index in [4.69, 9.17) is 0 Å². The second-order valence-corrected chi connectivity index (χ2v) is 4.91. The van der Waals surface area contributed by atoms with Crippen molar-refractivity contribution in [3.63, 3.8) is 0 Å². The van der Waals surface area contributed by atoms with E-state index in [1.54, 1.807) is 12.1 Å². The van der Waals surface area contributed by atoms with E-state index >= 15 is 0 Å². The van der Waals surface area contributed by atoms with Gasteiger partial charge in [0, 0.05) is 0 Å². The molecule has 2 aromatic carbocycles. The summed E-state index contributed by atoms with van der Waals surface area (Å²) in [5.41, 5.74) is 3.24. The molecule has 1 atom stereocenters. The SMILES string of the molecule is Oc1ccc2c(c1)CCC(c1ccccc1F)C2. The maximum atomic E-state index is 13.8. The van der Waals surface area contributed by atoms with Crippen LogP contribution in [0.15, 0.2) is 42.5 Å². The first-order valence-corrected chi connectivity index (χ1v) is 6.29. The molecule has 0 fully saturated rings. The number of benzene rings is 2. The fourth-order valence-corrected chi connectivity index (χ4v) is 2.81. The van der Waals surface area contributed by atoms with Gasteiger partial charge in [-0.25, -0.2) is 4.39 Å². The Morgan fingerprint density at radius 2 is 1.89 bits per heavy atom. The minimum atomic E-state index is -0.107. The van der Waals surface area contributed by atoms with E-state index < -0.39 is 0 Å². The number of phenols is 1. The zero-order valence-electron chi connectivity index (χ0n) is 10.1. The van der Waals surface area contributed by atoms with Gasteiger partial charge in [0.15, 0.2) is 0 Å². The maximum absolute atomic E-state index is 13.8. The van der Waals surface area contributed by atoms with Crippen LogP contribution in [-0.2, 0) is 12.8 Å². The van der Waals surface area contributed by atoms with Gasteiger partial charge in [-0.15, -0.1) is 0 Å². The molecule has 3 rings (SSSR count). The van der Waals surface area contributed by atoms with Gasteiger partial charge < -0.3 is 5.11 Å². The van der Waals surface area contributed by atoms with Crippen LogP contribution in [0.4, 0.5) is 4.39 Å². The van der Waals surface area contributed by atoms with Crippen LogP contribution in [0.25, 0.3) is 0 Å². The molecule has 0 amide bonds. The van der Waals surface area contributed by atoms with Gasteiger partial charge in [-0.3, -0.25) is 0 Å². The Bertz CT molecular complexity index is 577. The summed E-state index contributed by atoms with van der Waals surface area (Å²) in [6.07, 6.45) is 2.71. The summed E-state index contributed by atoms with van der Waals surface area (Å²) in [5.74, 6) is 0.464. The third kappa shape index (κ3) is 1.99. The normalized spacial score (nSPS) is 18.4. The van der Waals surface area contributed by atoms with E-state index in [9.17, 15) is 9.50 Å². The second kappa shape index (κ2) is 4.45. The first kappa shape index (κ1) is 11.3. The summed E-state index contributed by atoms with van der Waals surface area (Å²) in [4.78, 5) is 0. The molecule has 1 aliphatic rings. The largest absolute Gasteiger partial charge is 0.508 e. The molecule has 18 heavy (non-hydrogen) atoms. The van der Waals surface area contributed by atoms with E-state index in [0.29, 0.717) is 5.75 Å². The lowest BCUT2D eigenvalue weighted by molar-refractivity contribution is 0.471. The average molecular weight is 242 g/mol. The van der Waals surface area contributed by atoms with E-state index in [-0.39, 0.29) is 11.7 Å². The van der Waals surface area contributed by atoms with Crippen molar-refractivity contribution in [1.29, 1.82) is 0 Å². The lowest BCUT2D eigenvalue weighted by Crippen LogP contribution is -2.13. The van der Waals surface area contributed by atoms with Gasteiger partial charge in [0.25, 0.3) is 0 Å². The highest BCUT2D eigenvalue weighted by molar-refractivity contribution is 5.39. The van der Waals surface area contributed by atoms with E-state index in [0.717, 1.165) is 24.8 Å². The highest BCUT2D eigenvalue weighted by Gasteiger charge is 2.22. The Balaban J connectivity index is 1.92. The van der Waals surface area contributed by atoms with Crippen LogP contribution in [0.1, 0.15) is 29.0 Å². The van der Waals surface area contributed by atoms with E-state index in [1.165, 1.54) is 17.2 Å². The molecule has 92 valence electrons. The molecule has 0 bridgehead atoms. The summed E-state index contributed by atoms with van der Waals surface area (Å²) in [6, 6.07) is 12.5. The topological polar surface area (TPSA) is 20.2 Å². The fraction of sp³-hybridized carbons (Fsp3) is 0.250. The zero-order chi connectivity index (χ0) is 12.5. The van der Waals surface area contributed by atoms with Crippen LogP contribution >= 0.6 is 0 Å². The van der Waals surface area contributed by atoms with Crippen LogP contribution in [0.3, 0.4) is 0 Å². The van der Waals surface area contributed by atoms with Crippen LogP contribution in [-0.4, -0.2) is 5.11 Å². The molecule has 0 spiro atoms. The summed E-state index contributed by atoms with van der Waals surface area (Å²) < 4.78 is 13.8. The molecule has 2 aromatic rings. The minimum absolute atomic E-state index is 0.107. The minimum Gasteiger partial charge on any atom is -0.508 e. The Labute approximate surface area is 106 Å². The standard InChI is InChI=1S/C16H15FO/c17-16-4-2-1-3-15(16)13-6-5-12-10-14(18)8-7-11(12)9-13/h1-4,7-8,10,13,18H,5-6,9H2. The van der Waals surface area contributed by atoms with Gasteiger partial charge in [-0.2, -0.15) is 0 Å². The van der Waals surface area contributed by atoms with Crippen molar-refractivity contribution in [2.45, 2.75) is 25.2 Å². The number of aromatic hydroxyl groups is 1. The molecule has 0 heterocycles. The van der Waals surface area contributed by atoms with Crippen molar-refractivity contribution in [1.82, 2.24) is 0 Å². The number of halogens is 1. The number of fused-ring (bicyclic) bond motifs is 1. The predicted octanol–water partition coefficient (Wildman–Crippen LogP) is 3.80. The summed E-state index contributed by atoms with van der Waals surface area (Å²) >= 11 is 0. The van der Waals surface area contributed by atoms with Gasteiger partial charge in [0.05, 0.1) is 0 Å². The zero-order valence-corrected chi connectivity index (χ0v) is 10.1. The second-order valence-electron chi connectivity index (χ2n) is 4.91. The van der Waals surface area contributed by atoms with Gasteiger partial charge in [-0.1, -0.05) is 24.3 Å².